The molecule has 1 heterocycles. The molecule has 2 aromatic carbocycles. The molecule has 150 valence electrons. The topological polar surface area (TPSA) is 67.5 Å². The molecule has 1 aliphatic carbocycles. The molecule has 1 aliphatic rings. The van der Waals surface area contributed by atoms with Gasteiger partial charge in [0.05, 0.1) is 5.41 Å². The minimum atomic E-state index is -1.25. The van der Waals surface area contributed by atoms with Crippen LogP contribution in [0, 0.1) is 0 Å². The van der Waals surface area contributed by atoms with Crippen molar-refractivity contribution in [1.29, 1.82) is 0 Å². The lowest BCUT2D eigenvalue weighted by Gasteiger charge is -2.28. The van der Waals surface area contributed by atoms with Gasteiger partial charge in [-0.05, 0) is 49.3 Å². The molecule has 0 radical (unpaired) electrons. The Balaban J connectivity index is 1.74. The van der Waals surface area contributed by atoms with Crippen LogP contribution in [0.2, 0.25) is 0 Å². The average Bonchev–Trinajstić information content (AvgIpc) is 2.91. The van der Waals surface area contributed by atoms with E-state index in [-0.39, 0.29) is 6.42 Å². The van der Waals surface area contributed by atoms with Crippen LogP contribution < -0.4 is 0 Å². The summed E-state index contributed by atoms with van der Waals surface area (Å²) < 4.78 is 6.15. The van der Waals surface area contributed by atoms with Crippen LogP contribution >= 0.6 is 0 Å². The number of hydrogen-bond donors (Lipinski definition) is 1. The summed E-state index contributed by atoms with van der Waals surface area (Å²) in [6.45, 7) is 0. The standard InChI is InChI=1S/C25H26O4/c26-16-15-25(24(27)28,14-13-18-7-3-1-4-8-18)19-11-12-21-20-9-5-2-6-10-22(20)29-23(21)17-19/h1,3-4,7-8,11-12,16-17H,2,5-6,9-10,13-15H2,(H,27,28)/t25-/m1/s1. The molecule has 0 saturated heterocycles. The second-order valence-electron chi connectivity index (χ2n) is 8.02. The number of aryl methyl sites for hydroxylation is 3. The van der Waals surface area contributed by atoms with E-state index in [4.69, 9.17) is 4.42 Å². The number of carbonyl (C=O) groups is 2. The smallest absolute Gasteiger partial charge is 0.314 e. The van der Waals surface area contributed by atoms with Gasteiger partial charge >= 0.3 is 5.97 Å². The van der Waals surface area contributed by atoms with Gasteiger partial charge in [0.25, 0.3) is 0 Å². The van der Waals surface area contributed by atoms with E-state index in [2.05, 4.69) is 0 Å². The number of aldehydes is 1. The lowest BCUT2D eigenvalue weighted by Crippen LogP contribution is -2.37. The first-order valence-corrected chi connectivity index (χ1v) is 10.4. The van der Waals surface area contributed by atoms with Crippen molar-refractivity contribution in [2.45, 2.75) is 56.8 Å². The highest BCUT2D eigenvalue weighted by atomic mass is 16.4. The molecule has 4 nitrogen and oxygen atoms in total. The molecule has 0 saturated carbocycles. The number of fused-ring (bicyclic) bond motifs is 3. The molecule has 0 unspecified atom stereocenters. The van der Waals surface area contributed by atoms with E-state index in [1.807, 2.05) is 48.5 Å². The van der Waals surface area contributed by atoms with Gasteiger partial charge in [-0.1, -0.05) is 48.9 Å². The van der Waals surface area contributed by atoms with Crippen LogP contribution in [-0.4, -0.2) is 17.4 Å². The van der Waals surface area contributed by atoms with Crippen molar-refractivity contribution in [1.82, 2.24) is 0 Å². The Morgan fingerprint density at radius 3 is 2.62 bits per heavy atom. The summed E-state index contributed by atoms with van der Waals surface area (Å²) >= 11 is 0. The Morgan fingerprint density at radius 1 is 1.07 bits per heavy atom. The van der Waals surface area contributed by atoms with Crippen molar-refractivity contribution < 1.29 is 19.1 Å². The molecular formula is C25H26O4. The minimum absolute atomic E-state index is 0.0545. The lowest BCUT2D eigenvalue weighted by molar-refractivity contribution is -0.145. The quantitative estimate of drug-likeness (QED) is 0.442. The van der Waals surface area contributed by atoms with Gasteiger partial charge in [0.15, 0.2) is 0 Å². The molecule has 4 heteroatoms. The number of hydrogen-bond acceptors (Lipinski definition) is 3. The van der Waals surface area contributed by atoms with Crippen molar-refractivity contribution >= 4 is 23.2 Å². The van der Waals surface area contributed by atoms with Crippen molar-refractivity contribution in [2.24, 2.45) is 0 Å². The second kappa shape index (κ2) is 8.24. The first kappa shape index (κ1) is 19.4. The number of carboxylic acid groups (broad SMARTS) is 1. The minimum Gasteiger partial charge on any atom is -0.481 e. The van der Waals surface area contributed by atoms with Gasteiger partial charge in [-0.3, -0.25) is 4.79 Å². The molecule has 1 atom stereocenters. The fraction of sp³-hybridized carbons (Fsp3) is 0.360. The van der Waals surface area contributed by atoms with Crippen LogP contribution in [0.4, 0.5) is 0 Å². The van der Waals surface area contributed by atoms with Crippen LogP contribution in [0.1, 0.15) is 54.6 Å². The maximum absolute atomic E-state index is 12.4. The molecule has 0 aliphatic heterocycles. The third kappa shape index (κ3) is 3.71. The highest BCUT2D eigenvalue weighted by molar-refractivity contribution is 5.88. The van der Waals surface area contributed by atoms with Gasteiger partial charge in [-0.25, -0.2) is 0 Å². The largest absolute Gasteiger partial charge is 0.481 e. The normalized spacial score (nSPS) is 16.0. The third-order valence-electron chi connectivity index (χ3n) is 6.28. The van der Waals surface area contributed by atoms with E-state index in [0.29, 0.717) is 18.4 Å². The molecule has 29 heavy (non-hydrogen) atoms. The first-order chi connectivity index (χ1) is 14.1. The summed E-state index contributed by atoms with van der Waals surface area (Å²) in [5.41, 5.74) is 2.46. The molecule has 1 aromatic heterocycles. The number of aliphatic carboxylic acids is 1. The van der Waals surface area contributed by atoms with E-state index in [0.717, 1.165) is 54.3 Å². The second-order valence-corrected chi connectivity index (χ2v) is 8.02. The highest BCUT2D eigenvalue weighted by Gasteiger charge is 2.40. The van der Waals surface area contributed by atoms with Crippen LogP contribution in [0.15, 0.2) is 52.9 Å². The molecule has 4 rings (SSSR count). The monoisotopic (exact) mass is 390 g/mol. The number of carboxylic acids is 1. The number of benzene rings is 2. The lowest BCUT2D eigenvalue weighted by atomic mass is 9.73. The van der Waals surface area contributed by atoms with Crippen LogP contribution in [0.25, 0.3) is 11.0 Å². The van der Waals surface area contributed by atoms with Crippen molar-refractivity contribution in [2.75, 3.05) is 0 Å². The van der Waals surface area contributed by atoms with Crippen LogP contribution in [0.5, 0.6) is 0 Å². The third-order valence-corrected chi connectivity index (χ3v) is 6.28. The highest BCUT2D eigenvalue weighted by Crippen LogP contribution is 2.38. The van der Waals surface area contributed by atoms with Gasteiger partial charge in [0.1, 0.15) is 17.6 Å². The van der Waals surface area contributed by atoms with Gasteiger partial charge in [-0.15, -0.1) is 0 Å². The average molecular weight is 390 g/mol. The molecule has 1 N–H and O–H groups in total. The summed E-state index contributed by atoms with van der Waals surface area (Å²) in [6, 6.07) is 15.5. The first-order valence-electron chi connectivity index (χ1n) is 10.4. The Bertz CT molecular complexity index is 1020. The summed E-state index contributed by atoms with van der Waals surface area (Å²) in [4.78, 5) is 23.9. The van der Waals surface area contributed by atoms with E-state index >= 15 is 0 Å². The van der Waals surface area contributed by atoms with Gasteiger partial charge in [0, 0.05) is 23.8 Å². The van der Waals surface area contributed by atoms with E-state index < -0.39 is 11.4 Å². The number of carbonyl (C=O) groups excluding carboxylic acids is 1. The van der Waals surface area contributed by atoms with Gasteiger partial charge in [0.2, 0.25) is 0 Å². The number of rotatable bonds is 7. The maximum Gasteiger partial charge on any atom is 0.314 e. The summed E-state index contributed by atoms with van der Waals surface area (Å²) in [5, 5.41) is 11.3. The van der Waals surface area contributed by atoms with Crippen LogP contribution in [-0.2, 0) is 34.3 Å². The molecule has 0 amide bonds. The van der Waals surface area contributed by atoms with Crippen molar-refractivity contribution in [3.05, 3.63) is 71.0 Å². The molecule has 0 fully saturated rings. The molecule has 3 aromatic rings. The summed E-state index contributed by atoms with van der Waals surface area (Å²) in [6.07, 6.45) is 7.06. The Labute approximate surface area is 170 Å². The molecule has 0 spiro atoms. The Kier molecular flexibility index (Phi) is 5.52. The molecular weight excluding hydrogens is 364 g/mol. The van der Waals surface area contributed by atoms with E-state index in [9.17, 15) is 14.7 Å². The van der Waals surface area contributed by atoms with Crippen LogP contribution in [0.3, 0.4) is 0 Å². The van der Waals surface area contributed by atoms with E-state index in [1.165, 1.54) is 12.0 Å². The fourth-order valence-corrected chi connectivity index (χ4v) is 4.57. The Hall–Kier alpha value is -2.88. The maximum atomic E-state index is 12.4. The van der Waals surface area contributed by atoms with Gasteiger partial charge in [-0.2, -0.15) is 0 Å². The van der Waals surface area contributed by atoms with Crippen molar-refractivity contribution in [3.8, 4) is 0 Å². The zero-order valence-corrected chi connectivity index (χ0v) is 16.5. The van der Waals surface area contributed by atoms with Crippen molar-refractivity contribution in [3.63, 3.8) is 0 Å². The zero-order valence-electron chi connectivity index (χ0n) is 16.5. The predicted molar refractivity (Wildman–Crippen MR) is 112 cm³/mol. The van der Waals surface area contributed by atoms with E-state index in [1.54, 1.807) is 0 Å². The molecule has 0 bridgehead atoms. The number of furan rings is 1. The fourth-order valence-electron chi connectivity index (χ4n) is 4.57. The Morgan fingerprint density at radius 2 is 1.86 bits per heavy atom. The summed E-state index contributed by atoms with van der Waals surface area (Å²) in [7, 11) is 0. The predicted octanol–water partition coefficient (Wildman–Crippen LogP) is 5.25. The zero-order chi connectivity index (χ0) is 20.3. The SMILES string of the molecule is O=CC[C@@](CCc1ccccc1)(C(=O)O)c1ccc2c3c(oc2c1)CCCCC3. The van der Waals surface area contributed by atoms with Gasteiger partial charge < -0.3 is 14.3 Å². The summed E-state index contributed by atoms with van der Waals surface area (Å²) in [5.74, 6) is 0.0725.